The summed E-state index contributed by atoms with van der Waals surface area (Å²) in [5.41, 5.74) is 2.66. The Labute approximate surface area is 116 Å². The molecule has 1 aromatic carbocycles. The van der Waals surface area contributed by atoms with Crippen LogP contribution in [0.1, 0.15) is 16.8 Å². The van der Waals surface area contributed by atoms with E-state index in [9.17, 15) is 10.1 Å². The van der Waals surface area contributed by atoms with E-state index in [0.717, 1.165) is 23.0 Å². The van der Waals surface area contributed by atoms with Crippen LogP contribution in [-0.2, 0) is 6.61 Å². The average molecular weight is 270 g/mol. The summed E-state index contributed by atoms with van der Waals surface area (Å²) in [5.74, 6) is 0.585. The number of nitro groups is 1. The highest BCUT2D eigenvalue weighted by Crippen LogP contribution is 2.11. The van der Waals surface area contributed by atoms with Crippen LogP contribution in [0, 0.1) is 17.0 Å². The summed E-state index contributed by atoms with van der Waals surface area (Å²) in [6, 6.07) is 13.0. The van der Waals surface area contributed by atoms with Crippen LogP contribution < -0.4 is 4.74 Å². The third kappa shape index (κ3) is 4.20. The van der Waals surface area contributed by atoms with Crippen molar-refractivity contribution in [3.8, 4) is 5.88 Å². The van der Waals surface area contributed by atoms with Crippen molar-refractivity contribution in [1.29, 1.82) is 0 Å². The summed E-state index contributed by atoms with van der Waals surface area (Å²) in [6.45, 7) is 2.32. The van der Waals surface area contributed by atoms with Gasteiger partial charge < -0.3 is 4.74 Å². The summed E-state index contributed by atoms with van der Waals surface area (Å²) < 4.78 is 5.57. The number of benzene rings is 1. The van der Waals surface area contributed by atoms with Crippen LogP contribution in [0.25, 0.3) is 6.08 Å². The smallest absolute Gasteiger partial charge is 0.235 e. The van der Waals surface area contributed by atoms with E-state index >= 15 is 0 Å². The van der Waals surface area contributed by atoms with Gasteiger partial charge in [-0.15, -0.1) is 0 Å². The van der Waals surface area contributed by atoms with Crippen molar-refractivity contribution < 1.29 is 9.66 Å². The molecule has 0 aliphatic carbocycles. The zero-order valence-corrected chi connectivity index (χ0v) is 11.0. The van der Waals surface area contributed by atoms with Gasteiger partial charge in [0.1, 0.15) is 6.61 Å². The van der Waals surface area contributed by atoms with Gasteiger partial charge in [0.05, 0.1) is 4.92 Å². The van der Waals surface area contributed by atoms with Gasteiger partial charge in [0.15, 0.2) is 0 Å². The highest BCUT2D eigenvalue weighted by Gasteiger charge is 1.98. The first-order valence-electron chi connectivity index (χ1n) is 6.10. The first-order chi connectivity index (χ1) is 9.63. The van der Waals surface area contributed by atoms with Crippen LogP contribution in [0.15, 0.2) is 48.7 Å². The van der Waals surface area contributed by atoms with Crippen molar-refractivity contribution in [2.24, 2.45) is 0 Å². The molecule has 0 fully saturated rings. The van der Waals surface area contributed by atoms with E-state index in [0.29, 0.717) is 12.5 Å². The van der Waals surface area contributed by atoms with Crippen molar-refractivity contribution in [3.05, 3.63) is 75.6 Å². The Hall–Kier alpha value is -2.69. The largest absolute Gasteiger partial charge is 0.473 e. The summed E-state index contributed by atoms with van der Waals surface area (Å²) in [5, 5.41) is 10.2. The molecule has 1 heterocycles. The van der Waals surface area contributed by atoms with Crippen molar-refractivity contribution in [2.75, 3.05) is 0 Å². The minimum absolute atomic E-state index is 0.412. The molecule has 5 nitrogen and oxygen atoms in total. The van der Waals surface area contributed by atoms with Gasteiger partial charge >= 0.3 is 0 Å². The minimum atomic E-state index is -0.486. The summed E-state index contributed by atoms with van der Waals surface area (Å²) in [4.78, 5) is 14.0. The van der Waals surface area contributed by atoms with Gasteiger partial charge in [-0.1, -0.05) is 30.3 Å². The molecule has 0 aliphatic heterocycles. The van der Waals surface area contributed by atoms with Crippen LogP contribution in [0.2, 0.25) is 0 Å². The second-order valence-corrected chi connectivity index (χ2v) is 4.25. The highest BCUT2D eigenvalue weighted by atomic mass is 16.6. The molecule has 2 rings (SSSR count). The van der Waals surface area contributed by atoms with Gasteiger partial charge in [-0.25, -0.2) is 4.98 Å². The molecule has 0 N–H and O–H groups in total. The fourth-order valence-electron chi connectivity index (χ4n) is 1.63. The van der Waals surface area contributed by atoms with Gasteiger partial charge in [-0.3, -0.25) is 10.1 Å². The quantitative estimate of drug-likeness (QED) is 0.618. The summed E-state index contributed by atoms with van der Waals surface area (Å²) >= 11 is 0. The first kappa shape index (κ1) is 13.7. The molecule has 0 spiro atoms. The van der Waals surface area contributed by atoms with Gasteiger partial charge in [0.2, 0.25) is 12.1 Å². The molecule has 0 aliphatic rings. The van der Waals surface area contributed by atoms with Gasteiger partial charge in [-0.05, 0) is 24.1 Å². The van der Waals surface area contributed by atoms with Gasteiger partial charge in [-0.2, -0.15) is 0 Å². The van der Waals surface area contributed by atoms with Gasteiger partial charge in [0, 0.05) is 17.8 Å². The predicted molar refractivity (Wildman–Crippen MR) is 75.8 cm³/mol. The fourth-order valence-corrected chi connectivity index (χ4v) is 1.63. The second kappa shape index (κ2) is 6.47. The lowest BCUT2D eigenvalue weighted by molar-refractivity contribution is -0.400. The number of rotatable bonds is 5. The lowest BCUT2D eigenvalue weighted by Gasteiger charge is -2.06. The Morgan fingerprint density at radius 3 is 2.65 bits per heavy atom. The number of ether oxygens (including phenoxy) is 1. The van der Waals surface area contributed by atoms with E-state index in [1.165, 1.54) is 6.08 Å². The number of hydrogen-bond donors (Lipinski definition) is 0. The van der Waals surface area contributed by atoms with Crippen molar-refractivity contribution in [3.63, 3.8) is 0 Å². The molecule has 1 aromatic heterocycles. The molecule has 0 radical (unpaired) electrons. The number of hydrogen-bond acceptors (Lipinski definition) is 4. The van der Waals surface area contributed by atoms with E-state index in [2.05, 4.69) is 4.98 Å². The maximum Gasteiger partial charge on any atom is 0.235 e. The molecule has 2 aromatic rings. The van der Waals surface area contributed by atoms with Crippen LogP contribution in [0.4, 0.5) is 0 Å². The number of nitrogens with zero attached hydrogens (tertiary/aromatic N) is 2. The van der Waals surface area contributed by atoms with Crippen molar-refractivity contribution in [1.82, 2.24) is 4.98 Å². The Balaban J connectivity index is 1.95. The molecule has 0 bridgehead atoms. The van der Waals surface area contributed by atoms with Crippen LogP contribution in [0.3, 0.4) is 0 Å². The Kier molecular flexibility index (Phi) is 4.44. The van der Waals surface area contributed by atoms with Gasteiger partial charge in [0.25, 0.3) is 0 Å². The maximum absolute atomic E-state index is 10.2. The minimum Gasteiger partial charge on any atom is -0.473 e. The van der Waals surface area contributed by atoms with Crippen molar-refractivity contribution in [2.45, 2.75) is 13.5 Å². The molecule has 0 saturated carbocycles. The normalized spacial score (nSPS) is 10.7. The molecule has 0 atom stereocenters. The number of aryl methyl sites for hydroxylation is 1. The topological polar surface area (TPSA) is 65.3 Å². The summed E-state index contributed by atoms with van der Waals surface area (Å²) in [7, 11) is 0. The molecule has 102 valence electrons. The highest BCUT2D eigenvalue weighted by molar-refractivity contribution is 5.48. The zero-order valence-electron chi connectivity index (χ0n) is 11.0. The lowest BCUT2D eigenvalue weighted by Crippen LogP contribution is -1.97. The monoisotopic (exact) mass is 270 g/mol. The average Bonchev–Trinajstić information content (AvgIpc) is 2.44. The molecule has 0 unspecified atom stereocenters. The molecule has 20 heavy (non-hydrogen) atoms. The van der Waals surface area contributed by atoms with Crippen LogP contribution >= 0.6 is 0 Å². The Morgan fingerprint density at radius 2 is 2.00 bits per heavy atom. The third-order valence-corrected chi connectivity index (χ3v) is 2.62. The zero-order chi connectivity index (χ0) is 14.4. The summed E-state index contributed by atoms with van der Waals surface area (Å²) in [6.07, 6.45) is 2.37. The first-order valence-corrected chi connectivity index (χ1v) is 6.10. The molecule has 0 saturated heterocycles. The molecule has 0 amide bonds. The maximum atomic E-state index is 10.2. The molecular weight excluding hydrogens is 256 g/mol. The number of pyridine rings is 1. The second-order valence-electron chi connectivity index (χ2n) is 4.25. The molecular formula is C15H14N2O3. The van der Waals surface area contributed by atoms with E-state index in [4.69, 9.17) is 4.74 Å². The standard InChI is InChI=1S/C15H14N2O3/c1-12-3-2-4-15(16-12)20-11-14-7-5-13(6-8-14)9-10-17(18)19/h2-10H,11H2,1H3. The third-order valence-electron chi connectivity index (χ3n) is 2.62. The van der Waals surface area contributed by atoms with E-state index in [-0.39, 0.29) is 0 Å². The fraction of sp³-hybridized carbons (Fsp3) is 0.133. The van der Waals surface area contributed by atoms with Crippen molar-refractivity contribution >= 4 is 6.08 Å². The number of aromatic nitrogens is 1. The van der Waals surface area contributed by atoms with E-state index < -0.39 is 4.92 Å². The Bertz CT molecular complexity index is 621. The van der Waals surface area contributed by atoms with E-state index in [1.54, 1.807) is 6.07 Å². The lowest BCUT2D eigenvalue weighted by atomic mass is 10.1. The van der Waals surface area contributed by atoms with E-state index in [1.807, 2.05) is 43.3 Å². The predicted octanol–water partition coefficient (Wildman–Crippen LogP) is 3.22. The Morgan fingerprint density at radius 1 is 1.25 bits per heavy atom. The van der Waals surface area contributed by atoms with Crippen LogP contribution in [0.5, 0.6) is 5.88 Å². The molecule has 5 heteroatoms. The van der Waals surface area contributed by atoms with Crippen LogP contribution in [-0.4, -0.2) is 9.91 Å². The SMILES string of the molecule is Cc1cccc(OCc2ccc(C=C[N+](=O)[O-])cc2)n1.